The Morgan fingerprint density at radius 2 is 1.77 bits per heavy atom. The van der Waals surface area contributed by atoms with Gasteiger partial charge in [-0.3, -0.25) is 9.78 Å². The van der Waals surface area contributed by atoms with E-state index >= 15 is 0 Å². The maximum absolute atomic E-state index is 12.4. The van der Waals surface area contributed by atoms with Gasteiger partial charge in [0.15, 0.2) is 0 Å². The van der Waals surface area contributed by atoms with Gasteiger partial charge in [0.1, 0.15) is 4.90 Å². The van der Waals surface area contributed by atoms with Gasteiger partial charge in [0.05, 0.1) is 16.3 Å². The molecule has 0 aliphatic carbocycles. The second kappa shape index (κ2) is 9.25. The lowest BCUT2D eigenvalue weighted by Crippen LogP contribution is -2.20. The van der Waals surface area contributed by atoms with Crippen LogP contribution in [0.15, 0.2) is 77.0 Å². The highest BCUT2D eigenvalue weighted by atomic mass is 35.5. The van der Waals surface area contributed by atoms with Crippen LogP contribution in [0.4, 0.5) is 5.69 Å². The maximum atomic E-state index is 12.4. The summed E-state index contributed by atoms with van der Waals surface area (Å²) in [6, 6.07) is 14.3. The number of pyridine rings is 1. The summed E-state index contributed by atoms with van der Waals surface area (Å²) < 4.78 is 24.9. The summed E-state index contributed by atoms with van der Waals surface area (Å²) in [4.78, 5) is 18.1. The predicted molar refractivity (Wildman–Crippen MR) is 118 cm³/mol. The number of rotatable bonds is 6. The molecule has 2 N–H and O–H groups in total. The SMILES string of the molecule is C/C(=N/NS(=O)(=O)c1cc(Cl)ccc1Cl)c1ccc(NC(=O)c2cccnc2)cc1. The number of carbonyl (C=O) groups is 1. The molecule has 1 aromatic heterocycles. The monoisotopic (exact) mass is 462 g/mol. The first kappa shape index (κ1) is 21.8. The van der Waals surface area contributed by atoms with Crippen molar-refractivity contribution in [2.24, 2.45) is 5.10 Å². The third-order valence-corrected chi connectivity index (χ3v) is 5.93. The topological polar surface area (TPSA) is 101 Å². The molecule has 30 heavy (non-hydrogen) atoms. The Balaban J connectivity index is 1.71. The number of hydrogen-bond acceptors (Lipinski definition) is 5. The van der Waals surface area contributed by atoms with E-state index in [1.807, 2.05) is 0 Å². The van der Waals surface area contributed by atoms with Crippen LogP contribution in [0.1, 0.15) is 22.8 Å². The lowest BCUT2D eigenvalue weighted by Gasteiger charge is -2.08. The molecule has 0 unspecified atom stereocenters. The Morgan fingerprint density at radius 3 is 2.43 bits per heavy atom. The molecule has 0 aliphatic heterocycles. The van der Waals surface area contributed by atoms with Crippen LogP contribution in [0.5, 0.6) is 0 Å². The van der Waals surface area contributed by atoms with Crippen LogP contribution in [0.2, 0.25) is 10.0 Å². The molecule has 0 bridgehead atoms. The van der Waals surface area contributed by atoms with Gasteiger partial charge >= 0.3 is 0 Å². The number of amides is 1. The number of nitrogens with one attached hydrogen (secondary N) is 2. The van der Waals surface area contributed by atoms with Crippen molar-refractivity contribution in [3.8, 4) is 0 Å². The zero-order valence-electron chi connectivity index (χ0n) is 15.6. The summed E-state index contributed by atoms with van der Waals surface area (Å²) in [6.07, 6.45) is 3.06. The summed E-state index contributed by atoms with van der Waals surface area (Å²) >= 11 is 11.8. The average Bonchev–Trinajstić information content (AvgIpc) is 2.75. The first-order valence-corrected chi connectivity index (χ1v) is 10.8. The lowest BCUT2D eigenvalue weighted by molar-refractivity contribution is 0.102. The molecule has 0 aliphatic rings. The van der Waals surface area contributed by atoms with E-state index in [1.165, 1.54) is 24.4 Å². The van der Waals surface area contributed by atoms with E-state index in [4.69, 9.17) is 23.2 Å². The van der Waals surface area contributed by atoms with Crippen LogP contribution >= 0.6 is 23.2 Å². The zero-order chi connectivity index (χ0) is 21.7. The molecule has 0 radical (unpaired) electrons. The Kier molecular flexibility index (Phi) is 6.71. The van der Waals surface area contributed by atoms with E-state index in [0.29, 0.717) is 22.5 Å². The Labute approximate surface area is 183 Å². The number of hydrogen-bond donors (Lipinski definition) is 2. The molecule has 0 spiro atoms. The van der Waals surface area contributed by atoms with Crippen molar-refractivity contribution in [2.45, 2.75) is 11.8 Å². The quantitative estimate of drug-likeness (QED) is 0.420. The first-order chi connectivity index (χ1) is 14.3. The predicted octanol–water partition coefficient (Wildman–Crippen LogP) is 4.34. The minimum atomic E-state index is -3.99. The molecule has 7 nitrogen and oxygen atoms in total. The van der Waals surface area contributed by atoms with E-state index in [0.717, 1.165) is 0 Å². The zero-order valence-corrected chi connectivity index (χ0v) is 18.0. The van der Waals surface area contributed by atoms with E-state index in [2.05, 4.69) is 20.2 Å². The smallest absolute Gasteiger partial charge is 0.278 e. The largest absolute Gasteiger partial charge is 0.322 e. The Morgan fingerprint density at radius 1 is 1.03 bits per heavy atom. The highest BCUT2D eigenvalue weighted by Crippen LogP contribution is 2.24. The van der Waals surface area contributed by atoms with Crippen molar-refractivity contribution in [2.75, 3.05) is 5.32 Å². The summed E-state index contributed by atoms with van der Waals surface area (Å²) in [6.45, 7) is 1.64. The molecular weight excluding hydrogens is 447 g/mol. The van der Waals surface area contributed by atoms with Gasteiger partial charge in [0.2, 0.25) is 0 Å². The number of aromatic nitrogens is 1. The van der Waals surface area contributed by atoms with Crippen molar-refractivity contribution in [1.29, 1.82) is 0 Å². The Bertz CT molecular complexity index is 1200. The molecule has 3 aromatic rings. The third kappa shape index (κ3) is 5.35. The van der Waals surface area contributed by atoms with Gasteiger partial charge in [-0.25, -0.2) is 0 Å². The fourth-order valence-electron chi connectivity index (χ4n) is 2.42. The van der Waals surface area contributed by atoms with Crippen molar-refractivity contribution in [3.63, 3.8) is 0 Å². The van der Waals surface area contributed by atoms with Crippen LogP contribution in [-0.4, -0.2) is 25.0 Å². The van der Waals surface area contributed by atoms with Gasteiger partial charge in [-0.05, 0) is 55.0 Å². The van der Waals surface area contributed by atoms with Gasteiger partial charge in [-0.2, -0.15) is 18.4 Å². The molecule has 0 saturated carbocycles. The summed E-state index contributed by atoms with van der Waals surface area (Å²) in [7, 11) is -3.99. The average molecular weight is 463 g/mol. The van der Waals surface area contributed by atoms with Crippen molar-refractivity contribution >= 4 is 50.5 Å². The second-order valence-electron chi connectivity index (χ2n) is 6.14. The minimum absolute atomic E-state index is 0.0356. The summed E-state index contributed by atoms with van der Waals surface area (Å²) in [5.41, 5.74) is 2.09. The second-order valence-corrected chi connectivity index (χ2v) is 8.61. The molecule has 1 heterocycles. The van der Waals surface area contributed by atoms with Crippen LogP contribution in [0.25, 0.3) is 0 Å². The molecule has 0 atom stereocenters. The van der Waals surface area contributed by atoms with Crippen LogP contribution in [0, 0.1) is 0 Å². The van der Waals surface area contributed by atoms with Crippen molar-refractivity contribution in [1.82, 2.24) is 9.82 Å². The number of halogens is 2. The van der Waals surface area contributed by atoms with E-state index in [1.54, 1.807) is 49.5 Å². The van der Waals surface area contributed by atoms with Gasteiger partial charge in [0.25, 0.3) is 15.9 Å². The van der Waals surface area contributed by atoms with Crippen LogP contribution in [-0.2, 0) is 10.0 Å². The molecule has 3 rings (SSSR count). The fraction of sp³-hybridized carbons (Fsp3) is 0.0500. The summed E-state index contributed by atoms with van der Waals surface area (Å²) in [5, 5.41) is 6.96. The molecular formula is C20H16Cl2N4O3S. The number of carbonyl (C=O) groups excluding carboxylic acids is 1. The molecule has 10 heteroatoms. The van der Waals surface area contributed by atoms with Crippen LogP contribution in [0.3, 0.4) is 0 Å². The number of benzene rings is 2. The highest BCUT2D eigenvalue weighted by molar-refractivity contribution is 7.89. The molecule has 0 saturated heterocycles. The van der Waals surface area contributed by atoms with Gasteiger partial charge < -0.3 is 5.32 Å². The fourth-order valence-corrected chi connectivity index (χ4v) is 4.04. The van der Waals surface area contributed by atoms with E-state index < -0.39 is 10.0 Å². The highest BCUT2D eigenvalue weighted by Gasteiger charge is 2.18. The maximum Gasteiger partial charge on any atom is 0.278 e. The van der Waals surface area contributed by atoms with E-state index in [-0.39, 0.29) is 20.8 Å². The molecule has 154 valence electrons. The van der Waals surface area contributed by atoms with E-state index in [9.17, 15) is 13.2 Å². The van der Waals surface area contributed by atoms with Gasteiger partial charge in [0, 0.05) is 23.1 Å². The van der Waals surface area contributed by atoms with Crippen molar-refractivity contribution in [3.05, 3.63) is 88.2 Å². The molecule has 0 fully saturated rings. The number of sulfonamides is 1. The van der Waals surface area contributed by atoms with Gasteiger partial charge in [-0.1, -0.05) is 35.3 Å². The van der Waals surface area contributed by atoms with Crippen molar-refractivity contribution < 1.29 is 13.2 Å². The minimum Gasteiger partial charge on any atom is -0.322 e. The van der Waals surface area contributed by atoms with Gasteiger partial charge in [-0.15, -0.1) is 0 Å². The number of hydrazone groups is 1. The molecule has 2 aromatic carbocycles. The number of nitrogens with zero attached hydrogens (tertiary/aromatic N) is 2. The van der Waals surface area contributed by atoms with Crippen LogP contribution < -0.4 is 10.1 Å². The first-order valence-electron chi connectivity index (χ1n) is 8.59. The number of anilines is 1. The Hall–Kier alpha value is -2.94. The summed E-state index contributed by atoms with van der Waals surface area (Å²) in [5.74, 6) is -0.285. The standard InChI is InChI=1S/C20H16Cl2N4O3S/c1-13(25-26-30(28,29)19-11-16(21)6-9-18(19)22)14-4-7-17(8-5-14)24-20(27)15-3-2-10-23-12-15/h2-12,26H,1H3,(H,24,27)/b25-13-. The lowest BCUT2D eigenvalue weighted by atomic mass is 10.1. The molecule has 1 amide bonds. The third-order valence-electron chi connectivity index (χ3n) is 4.00. The normalized spacial score (nSPS) is 11.8.